The summed E-state index contributed by atoms with van der Waals surface area (Å²) in [5.74, 6) is -1.26. The molecule has 1 fully saturated rings. The maximum atomic E-state index is 12.6. The Kier molecular flexibility index (Phi) is 4.45. The molecule has 110 valence electrons. The van der Waals surface area contributed by atoms with E-state index in [9.17, 15) is 13.2 Å². The van der Waals surface area contributed by atoms with Gasteiger partial charge in [-0.05, 0) is 30.9 Å². The average Bonchev–Trinajstić information content (AvgIpc) is 2.47. The first-order chi connectivity index (χ1) is 9.46. The molecule has 0 atom stereocenters. The Morgan fingerprint density at radius 3 is 2.45 bits per heavy atom. The van der Waals surface area contributed by atoms with Crippen LogP contribution in [0.15, 0.2) is 29.2 Å². The number of carboxylic acid groups (broad SMARTS) is 1. The third-order valence-corrected chi connectivity index (χ3v) is 5.77. The molecule has 1 aliphatic rings. The Bertz CT molecular complexity index is 589. The molecule has 0 bridgehead atoms. The van der Waals surface area contributed by atoms with Crippen molar-refractivity contribution in [1.82, 2.24) is 4.31 Å². The summed E-state index contributed by atoms with van der Waals surface area (Å²) in [6, 6.07) is 6.99. The zero-order valence-electron chi connectivity index (χ0n) is 11.4. The largest absolute Gasteiger partial charge is 0.481 e. The van der Waals surface area contributed by atoms with Crippen molar-refractivity contribution in [1.29, 1.82) is 0 Å². The number of rotatable bonds is 4. The van der Waals surface area contributed by atoms with E-state index in [0.717, 1.165) is 5.56 Å². The van der Waals surface area contributed by atoms with E-state index in [0.29, 0.717) is 24.2 Å². The summed E-state index contributed by atoms with van der Waals surface area (Å²) < 4.78 is 26.6. The van der Waals surface area contributed by atoms with E-state index in [1.54, 1.807) is 12.1 Å². The van der Waals surface area contributed by atoms with Gasteiger partial charge in [-0.15, -0.1) is 0 Å². The number of nitrogens with zero attached hydrogens (tertiary/aromatic N) is 1. The van der Waals surface area contributed by atoms with Crippen molar-refractivity contribution in [3.8, 4) is 0 Å². The molecule has 0 aromatic heterocycles. The van der Waals surface area contributed by atoms with Gasteiger partial charge in [0.1, 0.15) is 0 Å². The SMILES string of the molecule is CCc1ccccc1S(=O)(=O)N1CCC(C(=O)O)CC1. The van der Waals surface area contributed by atoms with E-state index in [1.807, 2.05) is 19.1 Å². The normalized spacial score (nSPS) is 18.1. The van der Waals surface area contributed by atoms with Crippen LogP contribution < -0.4 is 0 Å². The molecule has 1 saturated heterocycles. The van der Waals surface area contributed by atoms with Crippen LogP contribution in [0.4, 0.5) is 0 Å². The molecule has 1 aromatic carbocycles. The minimum atomic E-state index is -3.51. The van der Waals surface area contributed by atoms with Crippen molar-refractivity contribution < 1.29 is 18.3 Å². The molecule has 1 aromatic rings. The lowest BCUT2D eigenvalue weighted by Gasteiger charge is -2.29. The van der Waals surface area contributed by atoms with Crippen LogP contribution in [0.2, 0.25) is 0 Å². The summed E-state index contributed by atoms with van der Waals surface area (Å²) in [6.07, 6.45) is 1.41. The first kappa shape index (κ1) is 15.0. The second-order valence-electron chi connectivity index (χ2n) is 4.98. The van der Waals surface area contributed by atoms with E-state index in [-0.39, 0.29) is 13.1 Å². The molecule has 1 aliphatic heterocycles. The van der Waals surface area contributed by atoms with Gasteiger partial charge in [0.15, 0.2) is 0 Å². The molecule has 0 amide bonds. The highest BCUT2D eigenvalue weighted by Gasteiger charge is 2.32. The van der Waals surface area contributed by atoms with Gasteiger partial charge in [0, 0.05) is 13.1 Å². The molecule has 0 radical (unpaired) electrons. The van der Waals surface area contributed by atoms with E-state index in [1.165, 1.54) is 4.31 Å². The Balaban J connectivity index is 2.22. The lowest BCUT2D eigenvalue weighted by Crippen LogP contribution is -2.40. The van der Waals surface area contributed by atoms with Crippen LogP contribution in [0.5, 0.6) is 0 Å². The second kappa shape index (κ2) is 5.93. The van der Waals surface area contributed by atoms with Gasteiger partial charge >= 0.3 is 5.97 Å². The number of hydrogen-bond donors (Lipinski definition) is 1. The highest BCUT2D eigenvalue weighted by Crippen LogP contribution is 2.26. The number of benzene rings is 1. The van der Waals surface area contributed by atoms with Crippen molar-refractivity contribution in [3.63, 3.8) is 0 Å². The van der Waals surface area contributed by atoms with Crippen LogP contribution in [0, 0.1) is 5.92 Å². The summed E-state index contributed by atoms with van der Waals surface area (Å²) in [6.45, 7) is 2.47. The fourth-order valence-corrected chi connectivity index (χ4v) is 4.29. The van der Waals surface area contributed by atoms with Crippen LogP contribution >= 0.6 is 0 Å². The molecule has 2 rings (SSSR count). The summed E-state index contributed by atoms with van der Waals surface area (Å²) in [5, 5.41) is 8.96. The number of piperidine rings is 1. The topological polar surface area (TPSA) is 74.7 Å². The van der Waals surface area contributed by atoms with Gasteiger partial charge in [0.05, 0.1) is 10.8 Å². The number of carbonyl (C=O) groups is 1. The Labute approximate surface area is 119 Å². The maximum Gasteiger partial charge on any atom is 0.306 e. The number of sulfonamides is 1. The van der Waals surface area contributed by atoms with Gasteiger partial charge in [-0.25, -0.2) is 8.42 Å². The van der Waals surface area contributed by atoms with Crippen LogP contribution in [0.25, 0.3) is 0 Å². The summed E-state index contributed by atoms with van der Waals surface area (Å²) >= 11 is 0. The van der Waals surface area contributed by atoms with Gasteiger partial charge < -0.3 is 5.11 Å². The van der Waals surface area contributed by atoms with Gasteiger partial charge in [-0.2, -0.15) is 4.31 Å². The van der Waals surface area contributed by atoms with Gasteiger partial charge in [0.25, 0.3) is 0 Å². The minimum Gasteiger partial charge on any atom is -0.481 e. The highest BCUT2D eigenvalue weighted by atomic mass is 32.2. The maximum absolute atomic E-state index is 12.6. The summed E-state index contributed by atoms with van der Waals surface area (Å²) in [4.78, 5) is 11.3. The lowest BCUT2D eigenvalue weighted by molar-refractivity contribution is -0.142. The first-order valence-corrected chi connectivity index (χ1v) is 8.21. The number of aryl methyl sites for hydroxylation is 1. The van der Waals surface area contributed by atoms with Crippen molar-refractivity contribution in [2.24, 2.45) is 5.92 Å². The molecule has 5 nitrogen and oxygen atoms in total. The lowest BCUT2D eigenvalue weighted by atomic mass is 9.99. The zero-order valence-corrected chi connectivity index (χ0v) is 12.3. The average molecular weight is 297 g/mol. The standard InChI is InChI=1S/C14H19NO4S/c1-2-11-5-3-4-6-13(11)20(18,19)15-9-7-12(8-10-15)14(16)17/h3-6,12H,2,7-10H2,1H3,(H,16,17). The molecule has 6 heteroatoms. The molecule has 1 heterocycles. The van der Waals surface area contributed by atoms with Crippen LogP contribution in [0.1, 0.15) is 25.3 Å². The third-order valence-electron chi connectivity index (χ3n) is 3.77. The van der Waals surface area contributed by atoms with Crippen molar-refractivity contribution in [3.05, 3.63) is 29.8 Å². The summed E-state index contributed by atoms with van der Waals surface area (Å²) in [5.41, 5.74) is 0.799. The number of aliphatic carboxylic acids is 1. The van der Waals surface area contributed by atoms with Crippen molar-refractivity contribution in [2.75, 3.05) is 13.1 Å². The van der Waals surface area contributed by atoms with Crippen molar-refractivity contribution in [2.45, 2.75) is 31.1 Å². The zero-order chi connectivity index (χ0) is 14.8. The molecule has 1 N–H and O–H groups in total. The predicted octanol–water partition coefficient (Wildman–Crippen LogP) is 1.73. The Morgan fingerprint density at radius 2 is 1.90 bits per heavy atom. The Hall–Kier alpha value is -1.40. The summed E-state index contributed by atoms with van der Waals surface area (Å²) in [7, 11) is -3.51. The Morgan fingerprint density at radius 1 is 1.30 bits per heavy atom. The van der Waals surface area contributed by atoms with Crippen molar-refractivity contribution >= 4 is 16.0 Å². The van der Waals surface area contributed by atoms with Crippen LogP contribution in [0.3, 0.4) is 0 Å². The van der Waals surface area contributed by atoms with Crippen LogP contribution in [-0.2, 0) is 21.2 Å². The molecule has 20 heavy (non-hydrogen) atoms. The van der Waals surface area contributed by atoms with Gasteiger partial charge in [-0.1, -0.05) is 25.1 Å². The third kappa shape index (κ3) is 2.86. The molecular formula is C14H19NO4S. The fraction of sp³-hybridized carbons (Fsp3) is 0.500. The van der Waals surface area contributed by atoms with Crippen LogP contribution in [-0.4, -0.2) is 36.9 Å². The van der Waals surface area contributed by atoms with E-state index < -0.39 is 21.9 Å². The minimum absolute atomic E-state index is 0.275. The van der Waals surface area contributed by atoms with E-state index in [2.05, 4.69) is 0 Å². The molecule has 0 saturated carbocycles. The highest BCUT2D eigenvalue weighted by molar-refractivity contribution is 7.89. The monoisotopic (exact) mass is 297 g/mol. The second-order valence-corrected chi connectivity index (χ2v) is 6.88. The number of carboxylic acids is 1. The van der Waals surface area contributed by atoms with Gasteiger partial charge in [-0.3, -0.25) is 4.79 Å². The van der Waals surface area contributed by atoms with E-state index >= 15 is 0 Å². The predicted molar refractivity (Wildman–Crippen MR) is 74.9 cm³/mol. The van der Waals surface area contributed by atoms with Gasteiger partial charge in [0.2, 0.25) is 10.0 Å². The molecular weight excluding hydrogens is 278 g/mol. The first-order valence-electron chi connectivity index (χ1n) is 6.77. The number of hydrogen-bond acceptors (Lipinski definition) is 3. The smallest absolute Gasteiger partial charge is 0.306 e. The molecule has 0 aliphatic carbocycles. The fourth-order valence-electron chi connectivity index (χ4n) is 2.53. The quantitative estimate of drug-likeness (QED) is 0.918. The van der Waals surface area contributed by atoms with E-state index in [4.69, 9.17) is 5.11 Å². The molecule has 0 unspecified atom stereocenters. The molecule has 0 spiro atoms.